The highest BCUT2D eigenvalue weighted by atomic mass is 32.1. The first-order chi connectivity index (χ1) is 23.5. The fourth-order valence-corrected chi connectivity index (χ4v) is 8.74. The highest BCUT2D eigenvalue weighted by Crippen LogP contribution is 2.50. The number of benzene rings is 3. The molecular formula is C36H38N6O6S. The molecule has 0 spiro atoms. The number of hydrogen-bond acceptors (Lipinski definition) is 9. The number of piperidine rings is 1. The molecule has 13 heteroatoms. The van der Waals surface area contributed by atoms with Crippen LogP contribution in [0.25, 0.3) is 10.1 Å². The van der Waals surface area contributed by atoms with E-state index in [1.165, 1.54) is 16.2 Å². The smallest absolute Gasteiger partial charge is 0.407 e. The number of nitrogens with zero attached hydrogens (tertiary/aromatic N) is 2. The van der Waals surface area contributed by atoms with E-state index in [1.807, 2.05) is 43.3 Å². The molecule has 12 nitrogen and oxygen atoms in total. The van der Waals surface area contributed by atoms with Gasteiger partial charge in [-0.1, -0.05) is 30.3 Å². The lowest BCUT2D eigenvalue weighted by atomic mass is 9.69. The number of anilines is 1. The first-order valence-electron chi connectivity index (χ1n) is 16.3. The van der Waals surface area contributed by atoms with Gasteiger partial charge >= 0.3 is 6.09 Å². The molecule has 3 unspecified atom stereocenters. The van der Waals surface area contributed by atoms with Gasteiger partial charge in [-0.25, -0.2) is 4.79 Å². The van der Waals surface area contributed by atoms with Crippen LogP contribution in [0.3, 0.4) is 0 Å². The quantitative estimate of drug-likeness (QED) is 0.186. The number of thiophene rings is 1. The average molecular weight is 683 g/mol. The van der Waals surface area contributed by atoms with E-state index in [0.29, 0.717) is 82.9 Å². The number of amides is 3. The van der Waals surface area contributed by atoms with Gasteiger partial charge in [-0.2, -0.15) is 0 Å². The molecule has 49 heavy (non-hydrogen) atoms. The molecule has 1 aliphatic carbocycles. The normalized spacial score (nSPS) is 23.5. The topological polar surface area (TPSA) is 194 Å². The first kappa shape index (κ1) is 32.6. The summed E-state index contributed by atoms with van der Waals surface area (Å²) < 4.78 is 6.63. The highest BCUT2D eigenvalue weighted by Gasteiger charge is 2.49. The number of hydrogen-bond donors (Lipinski definition) is 5. The molecule has 0 radical (unpaired) electrons. The lowest BCUT2D eigenvalue weighted by molar-refractivity contribution is -0.136. The number of nitrogens with two attached hydrogens (primary N) is 3. The van der Waals surface area contributed by atoms with Gasteiger partial charge in [0.2, 0.25) is 5.91 Å². The molecule has 3 aliphatic rings. The van der Waals surface area contributed by atoms with Gasteiger partial charge in [0.05, 0.1) is 21.5 Å². The SMILES string of the molecule is Cc1cc(Oc2ccccc2)ccc1C1(N)C(=O)C(N)c2c(C(=O)N[C@@H]3CCCN(C(=O)C4CCN(C(=O)O)C4)C3)sc3c(N)ccc1c23. The van der Waals surface area contributed by atoms with Gasteiger partial charge in [0.25, 0.3) is 5.91 Å². The third kappa shape index (κ3) is 5.57. The van der Waals surface area contributed by atoms with Crippen LogP contribution in [0.15, 0.2) is 60.7 Å². The molecule has 0 bridgehead atoms. The summed E-state index contributed by atoms with van der Waals surface area (Å²) in [7, 11) is 0. The third-order valence-corrected chi connectivity index (χ3v) is 11.3. The maximum atomic E-state index is 14.3. The van der Waals surface area contributed by atoms with Gasteiger partial charge in [0.1, 0.15) is 17.0 Å². The second kappa shape index (κ2) is 12.5. The number of ketones is 1. The lowest BCUT2D eigenvalue weighted by Crippen LogP contribution is -2.53. The van der Waals surface area contributed by atoms with Crippen molar-refractivity contribution in [2.75, 3.05) is 31.9 Å². The molecule has 3 heterocycles. The van der Waals surface area contributed by atoms with E-state index < -0.39 is 35.3 Å². The Hall–Kier alpha value is -4.98. The van der Waals surface area contributed by atoms with E-state index in [4.69, 9.17) is 21.9 Å². The summed E-state index contributed by atoms with van der Waals surface area (Å²) in [4.78, 5) is 56.1. The Labute approximate surface area is 286 Å². The number of carbonyl (C=O) groups is 4. The summed E-state index contributed by atoms with van der Waals surface area (Å²) >= 11 is 1.18. The van der Waals surface area contributed by atoms with Crippen molar-refractivity contribution in [2.24, 2.45) is 17.4 Å². The number of para-hydroxylation sites is 1. The molecule has 2 aliphatic heterocycles. The van der Waals surface area contributed by atoms with Crippen LogP contribution in [-0.4, -0.2) is 70.8 Å². The van der Waals surface area contributed by atoms with Crippen molar-refractivity contribution >= 4 is 50.8 Å². The molecule has 2 saturated heterocycles. The Kier molecular flexibility index (Phi) is 8.29. The molecule has 2 fully saturated rings. The van der Waals surface area contributed by atoms with Crippen LogP contribution in [0.1, 0.15) is 57.2 Å². The summed E-state index contributed by atoms with van der Waals surface area (Å²) in [5.74, 6) is -0.0652. The van der Waals surface area contributed by atoms with E-state index in [0.717, 1.165) is 5.56 Å². The second-order valence-electron chi connectivity index (χ2n) is 13.1. The molecule has 8 N–H and O–H groups in total. The molecule has 254 valence electrons. The van der Waals surface area contributed by atoms with Crippen LogP contribution in [0, 0.1) is 12.8 Å². The van der Waals surface area contributed by atoms with Crippen LogP contribution in [-0.2, 0) is 15.1 Å². The van der Waals surface area contributed by atoms with E-state index >= 15 is 0 Å². The third-order valence-electron chi connectivity index (χ3n) is 10.00. The van der Waals surface area contributed by atoms with E-state index in [-0.39, 0.29) is 23.4 Å². The summed E-state index contributed by atoms with van der Waals surface area (Å²) in [5, 5.41) is 13.0. The molecule has 1 aromatic heterocycles. The van der Waals surface area contributed by atoms with E-state index in [2.05, 4.69) is 5.32 Å². The van der Waals surface area contributed by atoms with Crippen molar-refractivity contribution in [2.45, 2.75) is 43.8 Å². The van der Waals surface area contributed by atoms with Crippen LogP contribution < -0.4 is 27.3 Å². The van der Waals surface area contributed by atoms with Crippen molar-refractivity contribution in [1.29, 1.82) is 0 Å². The predicted molar refractivity (Wildman–Crippen MR) is 186 cm³/mol. The van der Waals surface area contributed by atoms with E-state index in [1.54, 1.807) is 29.2 Å². The highest BCUT2D eigenvalue weighted by molar-refractivity contribution is 7.21. The van der Waals surface area contributed by atoms with Crippen molar-refractivity contribution in [3.63, 3.8) is 0 Å². The Balaban J connectivity index is 1.17. The molecule has 3 aromatic carbocycles. The zero-order chi connectivity index (χ0) is 34.6. The summed E-state index contributed by atoms with van der Waals surface area (Å²) in [6, 6.07) is 16.7. The number of carbonyl (C=O) groups excluding carboxylic acids is 3. The van der Waals surface area contributed by atoms with Crippen molar-refractivity contribution in [3.8, 4) is 11.5 Å². The first-order valence-corrected chi connectivity index (χ1v) is 17.1. The number of carboxylic acid groups (broad SMARTS) is 1. The number of ether oxygens (including phenoxy) is 1. The van der Waals surface area contributed by atoms with Gasteiger partial charge in [-0.15, -0.1) is 11.3 Å². The van der Waals surface area contributed by atoms with Crippen LogP contribution in [0.2, 0.25) is 0 Å². The fraction of sp³-hybridized carbons (Fsp3) is 0.333. The van der Waals surface area contributed by atoms with Gasteiger partial charge in [0.15, 0.2) is 5.78 Å². The monoisotopic (exact) mass is 682 g/mol. The molecule has 7 rings (SSSR count). The second-order valence-corrected chi connectivity index (χ2v) is 14.1. The van der Waals surface area contributed by atoms with Crippen LogP contribution in [0.5, 0.6) is 11.5 Å². The van der Waals surface area contributed by atoms with Crippen molar-refractivity contribution < 1.29 is 29.0 Å². The zero-order valence-corrected chi connectivity index (χ0v) is 27.8. The van der Waals surface area contributed by atoms with E-state index in [9.17, 15) is 24.3 Å². The Morgan fingerprint density at radius 2 is 1.73 bits per heavy atom. The number of Topliss-reactive ketones (excluding diaryl/α,β-unsaturated/α-hetero) is 1. The standard InChI is InChI=1S/C36H38N6O6S/c1-19-16-23(48-22-7-3-2-4-8-22)9-10-24(19)36(39)25-11-12-26(37)30-27(25)28(29(38)32(36)43)31(49-30)33(44)40-21-6-5-14-41(18-21)34(45)20-13-15-42(17-20)35(46)47/h2-4,7-12,16,20-21,29H,5-6,13-15,17-18,37-39H2,1H3,(H,40,44)(H,46,47)/t20?,21-,29?,36?/m1/s1. The van der Waals surface area contributed by atoms with Crippen LogP contribution >= 0.6 is 11.3 Å². The maximum Gasteiger partial charge on any atom is 0.407 e. The summed E-state index contributed by atoms with van der Waals surface area (Å²) in [6.45, 7) is 3.22. The number of nitrogens with one attached hydrogen (secondary N) is 1. The minimum Gasteiger partial charge on any atom is -0.465 e. The van der Waals surface area contributed by atoms with Crippen molar-refractivity contribution in [1.82, 2.24) is 15.1 Å². The molecule has 4 aromatic rings. The predicted octanol–water partition coefficient (Wildman–Crippen LogP) is 4.09. The number of aryl methyl sites for hydroxylation is 1. The fourth-order valence-electron chi connectivity index (χ4n) is 7.53. The molecule has 4 atom stereocenters. The van der Waals surface area contributed by atoms with Gasteiger partial charge < -0.3 is 42.2 Å². The Morgan fingerprint density at radius 1 is 0.980 bits per heavy atom. The zero-order valence-electron chi connectivity index (χ0n) is 27.0. The Bertz CT molecular complexity index is 2000. The summed E-state index contributed by atoms with van der Waals surface area (Å²) in [6.07, 6.45) is 0.799. The minimum atomic E-state index is -1.61. The number of nitrogen functional groups attached to an aromatic ring is 1. The van der Waals surface area contributed by atoms with Gasteiger partial charge in [-0.3, -0.25) is 14.4 Å². The molecule has 3 amide bonds. The Morgan fingerprint density at radius 3 is 2.45 bits per heavy atom. The largest absolute Gasteiger partial charge is 0.465 e. The minimum absolute atomic E-state index is 0.0982. The lowest BCUT2D eigenvalue weighted by Gasteiger charge is -2.37. The number of likely N-dealkylation sites (tertiary alicyclic amines) is 2. The summed E-state index contributed by atoms with van der Waals surface area (Å²) in [5.41, 5.74) is 21.3. The molecule has 0 saturated carbocycles. The van der Waals surface area contributed by atoms with Gasteiger partial charge in [0, 0.05) is 48.9 Å². The number of rotatable bonds is 6. The van der Waals surface area contributed by atoms with Crippen LogP contribution in [0.4, 0.5) is 10.5 Å². The van der Waals surface area contributed by atoms with Crippen molar-refractivity contribution in [3.05, 3.63) is 87.8 Å². The van der Waals surface area contributed by atoms with Gasteiger partial charge in [-0.05, 0) is 73.2 Å². The average Bonchev–Trinajstić information content (AvgIpc) is 3.75. The molecular weight excluding hydrogens is 644 g/mol. The maximum absolute atomic E-state index is 14.3.